The van der Waals surface area contributed by atoms with Gasteiger partial charge in [-0.15, -0.1) is 10.2 Å². The van der Waals surface area contributed by atoms with Crippen LogP contribution in [0.25, 0.3) is 5.65 Å². The zero-order valence-electron chi connectivity index (χ0n) is 10.2. The van der Waals surface area contributed by atoms with Gasteiger partial charge in [-0.3, -0.25) is 4.40 Å². The SMILES string of the molecule is Cc1cc2nnc(CNC(C)(C)C)n2cn1. The Balaban J connectivity index is 2.25. The summed E-state index contributed by atoms with van der Waals surface area (Å²) in [4.78, 5) is 4.24. The lowest BCUT2D eigenvalue weighted by atomic mass is 10.1. The molecule has 0 aliphatic rings. The van der Waals surface area contributed by atoms with Crippen LogP contribution in [0.15, 0.2) is 12.4 Å². The fourth-order valence-corrected chi connectivity index (χ4v) is 1.40. The maximum atomic E-state index is 4.24. The van der Waals surface area contributed by atoms with Crippen molar-refractivity contribution in [1.29, 1.82) is 0 Å². The van der Waals surface area contributed by atoms with E-state index in [1.807, 2.05) is 17.4 Å². The largest absolute Gasteiger partial charge is 0.305 e. The van der Waals surface area contributed by atoms with Crippen molar-refractivity contribution < 1.29 is 0 Å². The molecule has 0 radical (unpaired) electrons. The van der Waals surface area contributed by atoms with Crippen LogP contribution in [-0.2, 0) is 6.54 Å². The fourth-order valence-electron chi connectivity index (χ4n) is 1.40. The smallest absolute Gasteiger partial charge is 0.163 e. The second-order valence-electron chi connectivity index (χ2n) is 4.98. The average molecular weight is 219 g/mol. The van der Waals surface area contributed by atoms with Crippen LogP contribution in [0.4, 0.5) is 0 Å². The minimum Gasteiger partial charge on any atom is -0.305 e. The zero-order valence-corrected chi connectivity index (χ0v) is 10.2. The molecule has 1 N–H and O–H groups in total. The lowest BCUT2D eigenvalue weighted by molar-refractivity contribution is 0.416. The molecule has 0 unspecified atom stereocenters. The van der Waals surface area contributed by atoms with Gasteiger partial charge in [0.25, 0.3) is 0 Å². The van der Waals surface area contributed by atoms with Crippen molar-refractivity contribution in [2.75, 3.05) is 0 Å². The molecule has 2 aromatic rings. The number of fused-ring (bicyclic) bond motifs is 1. The van der Waals surface area contributed by atoms with Crippen molar-refractivity contribution in [1.82, 2.24) is 24.9 Å². The van der Waals surface area contributed by atoms with Crippen LogP contribution in [0.5, 0.6) is 0 Å². The number of rotatable bonds is 2. The molecule has 0 aliphatic carbocycles. The van der Waals surface area contributed by atoms with E-state index < -0.39 is 0 Å². The predicted octanol–water partition coefficient (Wildman–Crippen LogP) is 1.32. The molecule has 0 bridgehead atoms. The molecular formula is C11H17N5. The first kappa shape index (κ1) is 11.0. The summed E-state index contributed by atoms with van der Waals surface area (Å²) in [6.07, 6.45) is 1.77. The number of nitrogens with zero attached hydrogens (tertiary/aromatic N) is 4. The zero-order chi connectivity index (χ0) is 11.8. The summed E-state index contributed by atoms with van der Waals surface area (Å²) < 4.78 is 1.91. The minimum absolute atomic E-state index is 0.0734. The van der Waals surface area contributed by atoms with Gasteiger partial charge in [0.05, 0.1) is 6.54 Å². The average Bonchev–Trinajstić information content (AvgIpc) is 2.56. The Hall–Kier alpha value is -1.49. The summed E-state index contributed by atoms with van der Waals surface area (Å²) in [5.41, 5.74) is 1.87. The Kier molecular flexibility index (Phi) is 2.63. The van der Waals surface area contributed by atoms with Crippen molar-refractivity contribution in [3.05, 3.63) is 23.9 Å². The molecule has 16 heavy (non-hydrogen) atoms. The van der Waals surface area contributed by atoms with Crippen LogP contribution in [0, 0.1) is 6.92 Å². The molecule has 0 amide bonds. The van der Waals surface area contributed by atoms with E-state index in [1.54, 1.807) is 6.33 Å². The standard InChI is InChI=1S/C11H17N5/c1-8-5-9-14-15-10(16(9)7-12-8)6-13-11(2,3)4/h5,7,13H,6H2,1-4H3. The predicted molar refractivity (Wildman–Crippen MR) is 62.1 cm³/mol. The van der Waals surface area contributed by atoms with Gasteiger partial charge < -0.3 is 5.32 Å². The monoisotopic (exact) mass is 219 g/mol. The highest BCUT2D eigenvalue weighted by molar-refractivity contribution is 5.37. The number of aromatic nitrogens is 4. The van der Waals surface area contributed by atoms with Gasteiger partial charge in [0.2, 0.25) is 0 Å². The normalized spacial score (nSPS) is 12.2. The van der Waals surface area contributed by atoms with E-state index >= 15 is 0 Å². The van der Waals surface area contributed by atoms with Gasteiger partial charge >= 0.3 is 0 Å². The molecule has 0 aliphatic heterocycles. The van der Waals surface area contributed by atoms with Crippen LogP contribution in [0.1, 0.15) is 32.3 Å². The van der Waals surface area contributed by atoms with Crippen molar-refractivity contribution >= 4 is 5.65 Å². The molecule has 0 saturated heterocycles. The van der Waals surface area contributed by atoms with E-state index in [2.05, 4.69) is 41.3 Å². The third-order valence-electron chi connectivity index (χ3n) is 2.28. The first-order chi connectivity index (χ1) is 7.46. The Bertz CT molecular complexity index is 495. The Morgan fingerprint density at radius 1 is 1.31 bits per heavy atom. The van der Waals surface area contributed by atoms with E-state index in [1.165, 1.54) is 0 Å². The van der Waals surface area contributed by atoms with Crippen molar-refractivity contribution in [2.24, 2.45) is 0 Å². The maximum absolute atomic E-state index is 4.24. The summed E-state index contributed by atoms with van der Waals surface area (Å²) >= 11 is 0. The van der Waals surface area contributed by atoms with E-state index in [0.29, 0.717) is 6.54 Å². The van der Waals surface area contributed by atoms with Gasteiger partial charge in [-0.1, -0.05) is 0 Å². The topological polar surface area (TPSA) is 55.1 Å². The molecule has 0 fully saturated rings. The number of aryl methyl sites for hydroxylation is 1. The molecule has 0 atom stereocenters. The number of hydrogen-bond acceptors (Lipinski definition) is 4. The molecule has 0 saturated carbocycles. The summed E-state index contributed by atoms with van der Waals surface area (Å²) in [5.74, 6) is 0.887. The second kappa shape index (κ2) is 3.83. The lowest BCUT2D eigenvalue weighted by Crippen LogP contribution is -2.35. The van der Waals surface area contributed by atoms with Crippen LogP contribution in [0.3, 0.4) is 0 Å². The van der Waals surface area contributed by atoms with Gasteiger partial charge in [0.15, 0.2) is 11.5 Å². The van der Waals surface area contributed by atoms with Gasteiger partial charge in [-0.05, 0) is 27.7 Å². The quantitative estimate of drug-likeness (QED) is 0.827. The third-order valence-corrected chi connectivity index (χ3v) is 2.28. The van der Waals surface area contributed by atoms with Crippen LogP contribution in [0.2, 0.25) is 0 Å². The maximum Gasteiger partial charge on any atom is 0.163 e. The van der Waals surface area contributed by atoms with Crippen molar-refractivity contribution in [3.8, 4) is 0 Å². The molecule has 86 valence electrons. The van der Waals surface area contributed by atoms with Crippen molar-refractivity contribution in [2.45, 2.75) is 39.8 Å². The summed E-state index contributed by atoms with van der Waals surface area (Å²) in [5, 5.41) is 11.6. The highest BCUT2D eigenvalue weighted by atomic mass is 15.3. The second-order valence-corrected chi connectivity index (χ2v) is 4.98. The van der Waals surface area contributed by atoms with Crippen molar-refractivity contribution in [3.63, 3.8) is 0 Å². The fraction of sp³-hybridized carbons (Fsp3) is 0.545. The molecule has 2 aromatic heterocycles. The van der Waals surface area contributed by atoms with Gasteiger partial charge in [0.1, 0.15) is 6.33 Å². The summed E-state index contributed by atoms with van der Waals surface area (Å²) in [6.45, 7) is 9.01. The minimum atomic E-state index is 0.0734. The van der Waals surface area contributed by atoms with E-state index in [0.717, 1.165) is 17.2 Å². The highest BCUT2D eigenvalue weighted by Crippen LogP contribution is 2.06. The molecule has 2 rings (SSSR count). The highest BCUT2D eigenvalue weighted by Gasteiger charge is 2.11. The summed E-state index contributed by atoms with van der Waals surface area (Å²) in [6, 6.07) is 1.92. The Labute approximate surface area is 94.9 Å². The number of hydrogen-bond donors (Lipinski definition) is 1. The number of nitrogens with one attached hydrogen (secondary N) is 1. The molecular weight excluding hydrogens is 202 g/mol. The molecule has 0 spiro atoms. The Morgan fingerprint density at radius 3 is 2.75 bits per heavy atom. The third kappa shape index (κ3) is 2.36. The molecule has 0 aromatic carbocycles. The Morgan fingerprint density at radius 2 is 2.06 bits per heavy atom. The molecule has 5 heteroatoms. The van der Waals surface area contributed by atoms with Gasteiger partial charge in [0, 0.05) is 17.3 Å². The van der Waals surface area contributed by atoms with Crippen LogP contribution >= 0.6 is 0 Å². The summed E-state index contributed by atoms with van der Waals surface area (Å²) in [7, 11) is 0. The van der Waals surface area contributed by atoms with Crippen LogP contribution in [-0.4, -0.2) is 25.1 Å². The first-order valence-corrected chi connectivity index (χ1v) is 5.37. The van der Waals surface area contributed by atoms with Gasteiger partial charge in [-0.25, -0.2) is 4.98 Å². The lowest BCUT2D eigenvalue weighted by Gasteiger charge is -2.19. The molecule has 5 nitrogen and oxygen atoms in total. The van der Waals surface area contributed by atoms with E-state index in [-0.39, 0.29) is 5.54 Å². The van der Waals surface area contributed by atoms with E-state index in [9.17, 15) is 0 Å². The van der Waals surface area contributed by atoms with Crippen LogP contribution < -0.4 is 5.32 Å². The first-order valence-electron chi connectivity index (χ1n) is 5.37. The molecule has 2 heterocycles. The van der Waals surface area contributed by atoms with E-state index in [4.69, 9.17) is 0 Å². The van der Waals surface area contributed by atoms with Gasteiger partial charge in [-0.2, -0.15) is 0 Å².